The van der Waals surface area contributed by atoms with Gasteiger partial charge in [0.2, 0.25) is 0 Å². The molecule has 6 nitrogen and oxygen atoms in total. The molecular weight excluding hydrogens is 340 g/mol. The average molecular weight is 364 g/mol. The monoisotopic (exact) mass is 364 g/mol. The van der Waals surface area contributed by atoms with Gasteiger partial charge in [-0.2, -0.15) is 0 Å². The van der Waals surface area contributed by atoms with E-state index < -0.39 is 0 Å². The SMILES string of the molecule is Cc1onc(-c2ccccc2)c1C(=O)N1CCC[C@@H](Cn2ccnc2C)C1. The highest BCUT2D eigenvalue weighted by Gasteiger charge is 2.30. The summed E-state index contributed by atoms with van der Waals surface area (Å²) in [5, 5.41) is 4.16. The van der Waals surface area contributed by atoms with Crippen LogP contribution in [0.3, 0.4) is 0 Å². The molecule has 0 spiro atoms. The van der Waals surface area contributed by atoms with Crippen molar-refractivity contribution in [3.8, 4) is 11.3 Å². The minimum Gasteiger partial charge on any atom is -0.360 e. The third kappa shape index (κ3) is 3.52. The normalized spacial score (nSPS) is 17.3. The van der Waals surface area contributed by atoms with Gasteiger partial charge in [0.15, 0.2) is 0 Å². The minimum absolute atomic E-state index is 0.0136. The fourth-order valence-corrected chi connectivity index (χ4v) is 3.85. The van der Waals surface area contributed by atoms with E-state index in [2.05, 4.69) is 14.7 Å². The summed E-state index contributed by atoms with van der Waals surface area (Å²) in [5.74, 6) is 2.03. The van der Waals surface area contributed by atoms with Crippen molar-refractivity contribution in [3.63, 3.8) is 0 Å². The molecule has 0 radical (unpaired) electrons. The lowest BCUT2D eigenvalue weighted by atomic mass is 9.96. The average Bonchev–Trinajstić information content (AvgIpc) is 3.28. The Morgan fingerprint density at radius 1 is 1.26 bits per heavy atom. The van der Waals surface area contributed by atoms with E-state index in [0.29, 0.717) is 22.9 Å². The van der Waals surface area contributed by atoms with Gasteiger partial charge in [0.1, 0.15) is 22.8 Å². The van der Waals surface area contributed by atoms with Crippen LogP contribution in [-0.4, -0.2) is 38.6 Å². The molecule has 6 heteroatoms. The van der Waals surface area contributed by atoms with Crippen LogP contribution in [0.15, 0.2) is 47.2 Å². The predicted molar refractivity (Wildman–Crippen MR) is 102 cm³/mol. The van der Waals surface area contributed by atoms with E-state index >= 15 is 0 Å². The van der Waals surface area contributed by atoms with Gasteiger partial charge in [-0.05, 0) is 32.6 Å². The van der Waals surface area contributed by atoms with Gasteiger partial charge in [-0.25, -0.2) is 4.98 Å². The van der Waals surface area contributed by atoms with Crippen LogP contribution < -0.4 is 0 Å². The van der Waals surface area contributed by atoms with Crippen molar-refractivity contribution in [2.75, 3.05) is 13.1 Å². The van der Waals surface area contributed by atoms with E-state index in [0.717, 1.165) is 43.9 Å². The summed E-state index contributed by atoms with van der Waals surface area (Å²) in [6.07, 6.45) is 5.96. The Labute approximate surface area is 158 Å². The largest absolute Gasteiger partial charge is 0.360 e. The second kappa shape index (κ2) is 7.39. The Bertz CT molecular complexity index is 929. The van der Waals surface area contributed by atoms with E-state index in [9.17, 15) is 4.79 Å². The predicted octanol–water partition coefficient (Wildman–Crippen LogP) is 3.71. The van der Waals surface area contributed by atoms with Crippen LogP contribution in [0.5, 0.6) is 0 Å². The Kier molecular flexibility index (Phi) is 4.79. The van der Waals surface area contributed by atoms with Gasteiger partial charge in [0.25, 0.3) is 5.91 Å². The number of aromatic nitrogens is 3. The maximum atomic E-state index is 13.3. The zero-order chi connectivity index (χ0) is 18.8. The Hall–Kier alpha value is -2.89. The molecule has 3 heterocycles. The zero-order valence-electron chi connectivity index (χ0n) is 15.8. The second-order valence-electron chi connectivity index (χ2n) is 7.21. The van der Waals surface area contributed by atoms with E-state index in [-0.39, 0.29) is 5.91 Å². The number of benzene rings is 1. The Morgan fingerprint density at radius 3 is 2.81 bits per heavy atom. The highest BCUT2D eigenvalue weighted by Crippen LogP contribution is 2.28. The van der Waals surface area contributed by atoms with Crippen LogP contribution in [-0.2, 0) is 6.54 Å². The van der Waals surface area contributed by atoms with Crippen molar-refractivity contribution in [1.82, 2.24) is 19.6 Å². The van der Waals surface area contributed by atoms with Crippen LogP contribution in [0.1, 0.15) is 34.8 Å². The van der Waals surface area contributed by atoms with Gasteiger partial charge < -0.3 is 14.0 Å². The molecule has 1 saturated heterocycles. The van der Waals surface area contributed by atoms with E-state index in [1.165, 1.54) is 0 Å². The maximum Gasteiger partial charge on any atom is 0.259 e. The van der Waals surface area contributed by atoms with Crippen LogP contribution in [0.2, 0.25) is 0 Å². The third-order valence-electron chi connectivity index (χ3n) is 5.31. The maximum absolute atomic E-state index is 13.3. The molecule has 27 heavy (non-hydrogen) atoms. The highest BCUT2D eigenvalue weighted by molar-refractivity contribution is 6.00. The quantitative estimate of drug-likeness (QED) is 0.708. The summed E-state index contributed by atoms with van der Waals surface area (Å²) >= 11 is 0. The molecule has 0 bridgehead atoms. The molecule has 0 aliphatic carbocycles. The first kappa shape index (κ1) is 17.5. The first-order chi connectivity index (χ1) is 13.1. The number of rotatable bonds is 4. The van der Waals surface area contributed by atoms with Crippen LogP contribution in [0, 0.1) is 19.8 Å². The number of piperidine rings is 1. The summed E-state index contributed by atoms with van der Waals surface area (Å²) in [5.41, 5.74) is 2.12. The number of carbonyl (C=O) groups is 1. The Balaban J connectivity index is 1.55. The van der Waals surface area contributed by atoms with Crippen molar-refractivity contribution in [3.05, 3.63) is 59.9 Å². The highest BCUT2D eigenvalue weighted by atomic mass is 16.5. The molecular formula is C21H24N4O2. The molecule has 1 aromatic carbocycles. The van der Waals surface area contributed by atoms with Crippen molar-refractivity contribution in [1.29, 1.82) is 0 Å². The molecule has 4 rings (SSSR count). The summed E-state index contributed by atoms with van der Waals surface area (Å²) in [6.45, 7) is 6.23. The van der Waals surface area contributed by atoms with Crippen LogP contribution in [0.25, 0.3) is 11.3 Å². The number of imidazole rings is 1. The summed E-state index contributed by atoms with van der Waals surface area (Å²) < 4.78 is 7.55. The lowest BCUT2D eigenvalue weighted by Crippen LogP contribution is -2.41. The van der Waals surface area contributed by atoms with Crippen LogP contribution in [0.4, 0.5) is 0 Å². The van der Waals surface area contributed by atoms with Gasteiger partial charge in [-0.3, -0.25) is 4.79 Å². The van der Waals surface area contributed by atoms with Crippen LogP contribution >= 0.6 is 0 Å². The second-order valence-corrected chi connectivity index (χ2v) is 7.21. The third-order valence-corrected chi connectivity index (χ3v) is 5.31. The lowest BCUT2D eigenvalue weighted by Gasteiger charge is -2.33. The number of carbonyl (C=O) groups excluding carboxylic acids is 1. The molecule has 140 valence electrons. The molecule has 1 aliphatic rings. The van der Waals surface area contributed by atoms with Gasteiger partial charge in [0, 0.05) is 37.6 Å². The fraction of sp³-hybridized carbons (Fsp3) is 0.381. The van der Waals surface area contributed by atoms with E-state index in [4.69, 9.17) is 4.52 Å². The lowest BCUT2D eigenvalue weighted by molar-refractivity contribution is 0.0661. The van der Waals surface area contributed by atoms with Gasteiger partial charge in [-0.15, -0.1) is 0 Å². The summed E-state index contributed by atoms with van der Waals surface area (Å²) in [4.78, 5) is 19.5. The molecule has 0 N–H and O–H groups in total. The van der Waals surface area contributed by atoms with E-state index in [1.807, 2.05) is 61.5 Å². The zero-order valence-corrected chi connectivity index (χ0v) is 15.8. The molecule has 1 amide bonds. The van der Waals surface area contributed by atoms with Crippen molar-refractivity contribution in [2.24, 2.45) is 5.92 Å². The summed E-state index contributed by atoms with van der Waals surface area (Å²) in [6, 6.07) is 9.74. The minimum atomic E-state index is 0.0136. The van der Waals surface area contributed by atoms with Crippen molar-refractivity contribution >= 4 is 5.91 Å². The summed E-state index contributed by atoms with van der Waals surface area (Å²) in [7, 11) is 0. The van der Waals surface area contributed by atoms with Gasteiger partial charge in [-0.1, -0.05) is 35.5 Å². The van der Waals surface area contributed by atoms with Crippen molar-refractivity contribution in [2.45, 2.75) is 33.2 Å². The molecule has 1 atom stereocenters. The standard InChI is InChI=1S/C21H24N4O2/c1-15-19(20(23-27-15)18-8-4-3-5-9-18)21(26)25-11-6-7-17(14-25)13-24-12-10-22-16(24)2/h3-5,8-10,12,17H,6-7,11,13-14H2,1-2H3/t17-/m0/s1. The number of nitrogens with zero attached hydrogens (tertiary/aromatic N) is 4. The molecule has 0 saturated carbocycles. The van der Waals surface area contributed by atoms with Crippen molar-refractivity contribution < 1.29 is 9.32 Å². The topological polar surface area (TPSA) is 64.2 Å². The number of hydrogen-bond donors (Lipinski definition) is 0. The smallest absolute Gasteiger partial charge is 0.259 e. The first-order valence-corrected chi connectivity index (χ1v) is 9.42. The van der Waals surface area contributed by atoms with Gasteiger partial charge >= 0.3 is 0 Å². The number of amides is 1. The molecule has 2 aromatic heterocycles. The number of likely N-dealkylation sites (tertiary alicyclic amines) is 1. The van der Waals surface area contributed by atoms with Gasteiger partial charge in [0.05, 0.1) is 0 Å². The Morgan fingerprint density at radius 2 is 2.07 bits per heavy atom. The number of aryl methyl sites for hydroxylation is 2. The fourth-order valence-electron chi connectivity index (χ4n) is 3.85. The molecule has 3 aromatic rings. The number of hydrogen-bond acceptors (Lipinski definition) is 4. The molecule has 1 aliphatic heterocycles. The first-order valence-electron chi connectivity index (χ1n) is 9.42. The molecule has 0 unspecified atom stereocenters. The van der Waals surface area contributed by atoms with E-state index in [1.54, 1.807) is 0 Å². The molecule has 1 fully saturated rings.